The summed E-state index contributed by atoms with van der Waals surface area (Å²) in [6.45, 7) is 5.37. The smallest absolute Gasteiger partial charge is 0.315 e. The molecular formula is C12H21F3N2. The summed E-state index contributed by atoms with van der Waals surface area (Å²) in [6.07, 6.45) is -2.33. The first-order valence-electron chi connectivity index (χ1n) is 6.50. The second-order valence-corrected chi connectivity index (χ2v) is 5.39. The van der Waals surface area contributed by atoms with Crippen molar-refractivity contribution < 1.29 is 13.2 Å². The Labute approximate surface area is 101 Å². The molecule has 1 N–H and O–H groups in total. The Morgan fingerprint density at radius 1 is 1.12 bits per heavy atom. The predicted molar refractivity (Wildman–Crippen MR) is 60.8 cm³/mol. The van der Waals surface area contributed by atoms with Crippen LogP contribution in [0.1, 0.15) is 26.2 Å². The van der Waals surface area contributed by atoms with Gasteiger partial charge in [0.15, 0.2) is 0 Å². The third-order valence-corrected chi connectivity index (χ3v) is 4.25. The number of rotatable bonds is 1. The topological polar surface area (TPSA) is 15.3 Å². The average Bonchev–Trinajstić information content (AvgIpc) is 2.29. The first-order chi connectivity index (χ1) is 7.98. The van der Waals surface area contributed by atoms with Crippen LogP contribution in [0.4, 0.5) is 13.2 Å². The van der Waals surface area contributed by atoms with Crippen LogP contribution in [0, 0.1) is 11.8 Å². The van der Waals surface area contributed by atoms with Gasteiger partial charge < -0.3 is 5.32 Å². The highest BCUT2D eigenvalue weighted by molar-refractivity contribution is 4.87. The van der Waals surface area contributed by atoms with Crippen LogP contribution in [0.25, 0.3) is 0 Å². The molecule has 2 heterocycles. The standard InChI is InChI=1S/C12H21F3N2/c1-9-2-5-16-8-11(9)17-6-3-10(4-7-17)12(13,14)15/h9-11,16H,2-8H2,1H3. The maximum atomic E-state index is 12.6. The van der Waals surface area contributed by atoms with E-state index in [9.17, 15) is 13.2 Å². The molecule has 0 radical (unpaired) electrons. The molecule has 2 unspecified atom stereocenters. The van der Waals surface area contributed by atoms with Crippen LogP contribution in [0.15, 0.2) is 0 Å². The molecule has 0 amide bonds. The molecule has 2 aliphatic heterocycles. The average molecular weight is 250 g/mol. The molecule has 0 bridgehead atoms. The van der Waals surface area contributed by atoms with Crippen LogP contribution < -0.4 is 5.32 Å². The molecule has 2 saturated heterocycles. The van der Waals surface area contributed by atoms with Crippen molar-refractivity contribution in [3.05, 3.63) is 0 Å². The van der Waals surface area contributed by atoms with Crippen molar-refractivity contribution in [1.29, 1.82) is 0 Å². The Morgan fingerprint density at radius 2 is 1.76 bits per heavy atom. The van der Waals surface area contributed by atoms with E-state index >= 15 is 0 Å². The molecule has 17 heavy (non-hydrogen) atoms. The van der Waals surface area contributed by atoms with E-state index in [1.54, 1.807) is 0 Å². The van der Waals surface area contributed by atoms with Crippen LogP contribution in [0.5, 0.6) is 0 Å². The van der Waals surface area contributed by atoms with E-state index in [0.717, 1.165) is 19.5 Å². The minimum atomic E-state index is -4.00. The summed E-state index contributed by atoms with van der Waals surface area (Å²) in [7, 11) is 0. The molecule has 0 aromatic rings. The normalized spacial score (nSPS) is 33.9. The molecule has 0 aromatic heterocycles. The van der Waals surface area contributed by atoms with E-state index < -0.39 is 12.1 Å². The van der Waals surface area contributed by atoms with Gasteiger partial charge in [0.2, 0.25) is 0 Å². The maximum absolute atomic E-state index is 12.6. The highest BCUT2D eigenvalue weighted by Gasteiger charge is 2.42. The number of alkyl halides is 3. The van der Waals surface area contributed by atoms with Crippen molar-refractivity contribution in [3.63, 3.8) is 0 Å². The number of nitrogens with zero attached hydrogens (tertiary/aromatic N) is 1. The van der Waals surface area contributed by atoms with Gasteiger partial charge in [-0.1, -0.05) is 6.92 Å². The Kier molecular flexibility index (Phi) is 3.98. The van der Waals surface area contributed by atoms with Crippen molar-refractivity contribution in [2.75, 3.05) is 26.2 Å². The molecule has 2 fully saturated rings. The van der Waals surface area contributed by atoms with E-state index in [1.807, 2.05) is 0 Å². The molecule has 0 saturated carbocycles. The third-order valence-electron chi connectivity index (χ3n) is 4.25. The molecule has 2 atom stereocenters. The van der Waals surface area contributed by atoms with Crippen LogP contribution >= 0.6 is 0 Å². The summed E-state index contributed by atoms with van der Waals surface area (Å²) in [5.74, 6) is -0.482. The van der Waals surface area contributed by atoms with Gasteiger partial charge in [-0.25, -0.2) is 0 Å². The number of halogens is 3. The lowest BCUT2D eigenvalue weighted by molar-refractivity contribution is -0.186. The van der Waals surface area contributed by atoms with Crippen molar-refractivity contribution >= 4 is 0 Å². The molecule has 2 rings (SSSR count). The minimum absolute atomic E-state index is 0.271. The van der Waals surface area contributed by atoms with Crippen molar-refractivity contribution in [2.45, 2.75) is 38.4 Å². The number of nitrogens with one attached hydrogen (secondary N) is 1. The van der Waals surface area contributed by atoms with E-state index in [4.69, 9.17) is 0 Å². The number of hydrogen-bond donors (Lipinski definition) is 1. The fourth-order valence-corrected chi connectivity index (χ4v) is 3.02. The van der Waals surface area contributed by atoms with Gasteiger partial charge >= 0.3 is 6.18 Å². The molecule has 2 aliphatic rings. The Bertz CT molecular complexity index is 247. The summed E-state index contributed by atoms with van der Waals surface area (Å²) in [4.78, 5) is 2.25. The van der Waals surface area contributed by atoms with Crippen molar-refractivity contribution in [3.8, 4) is 0 Å². The number of piperidine rings is 2. The monoisotopic (exact) mass is 250 g/mol. The fourth-order valence-electron chi connectivity index (χ4n) is 3.02. The lowest BCUT2D eigenvalue weighted by atomic mass is 9.89. The van der Waals surface area contributed by atoms with Gasteiger partial charge in [-0.2, -0.15) is 13.2 Å². The first kappa shape index (κ1) is 13.1. The van der Waals surface area contributed by atoms with E-state index in [1.165, 1.54) is 0 Å². The van der Waals surface area contributed by atoms with Crippen LogP contribution in [0.3, 0.4) is 0 Å². The van der Waals surface area contributed by atoms with Gasteiger partial charge in [-0.3, -0.25) is 4.90 Å². The molecule has 100 valence electrons. The van der Waals surface area contributed by atoms with Gasteiger partial charge in [0, 0.05) is 12.6 Å². The quantitative estimate of drug-likeness (QED) is 0.768. The summed E-state index contributed by atoms with van der Waals surface area (Å²) in [6, 6.07) is 0.429. The molecule has 0 spiro atoms. The Morgan fingerprint density at radius 3 is 2.29 bits per heavy atom. The maximum Gasteiger partial charge on any atom is 0.391 e. The van der Waals surface area contributed by atoms with Crippen LogP contribution in [-0.2, 0) is 0 Å². The zero-order valence-corrected chi connectivity index (χ0v) is 10.3. The SMILES string of the molecule is CC1CCNCC1N1CCC(C(F)(F)F)CC1. The summed E-state index contributed by atoms with van der Waals surface area (Å²) >= 11 is 0. The van der Waals surface area contributed by atoms with E-state index in [0.29, 0.717) is 25.0 Å². The summed E-state index contributed by atoms with van der Waals surface area (Å²) < 4.78 is 37.7. The third kappa shape index (κ3) is 3.13. The van der Waals surface area contributed by atoms with Gasteiger partial charge in [-0.05, 0) is 44.8 Å². The second kappa shape index (κ2) is 5.14. The lowest BCUT2D eigenvalue weighted by Gasteiger charge is -2.42. The fraction of sp³-hybridized carbons (Fsp3) is 1.00. The first-order valence-corrected chi connectivity index (χ1v) is 6.50. The van der Waals surface area contributed by atoms with Gasteiger partial charge in [0.05, 0.1) is 5.92 Å². The van der Waals surface area contributed by atoms with Crippen LogP contribution in [-0.4, -0.2) is 43.3 Å². The summed E-state index contributed by atoms with van der Waals surface area (Å²) in [5.41, 5.74) is 0. The van der Waals surface area contributed by atoms with Crippen molar-refractivity contribution in [1.82, 2.24) is 10.2 Å². The van der Waals surface area contributed by atoms with E-state index in [-0.39, 0.29) is 12.8 Å². The molecule has 0 aromatic carbocycles. The molecule has 5 heteroatoms. The lowest BCUT2D eigenvalue weighted by Crippen LogP contribution is -2.53. The van der Waals surface area contributed by atoms with E-state index in [2.05, 4.69) is 17.1 Å². The highest BCUT2D eigenvalue weighted by Crippen LogP contribution is 2.35. The minimum Gasteiger partial charge on any atom is -0.315 e. The zero-order chi connectivity index (χ0) is 12.5. The van der Waals surface area contributed by atoms with Crippen molar-refractivity contribution in [2.24, 2.45) is 11.8 Å². The Balaban J connectivity index is 1.86. The largest absolute Gasteiger partial charge is 0.391 e. The summed E-state index contributed by atoms with van der Waals surface area (Å²) in [5, 5.41) is 3.34. The zero-order valence-electron chi connectivity index (χ0n) is 10.3. The number of hydrogen-bond acceptors (Lipinski definition) is 2. The predicted octanol–water partition coefficient (Wildman–Crippen LogP) is 2.26. The molecule has 0 aliphatic carbocycles. The van der Waals surface area contributed by atoms with Gasteiger partial charge in [0.25, 0.3) is 0 Å². The highest BCUT2D eigenvalue weighted by atomic mass is 19.4. The van der Waals surface area contributed by atoms with Gasteiger partial charge in [0.1, 0.15) is 0 Å². The Hall–Kier alpha value is -0.290. The molecule has 2 nitrogen and oxygen atoms in total. The van der Waals surface area contributed by atoms with Gasteiger partial charge in [-0.15, -0.1) is 0 Å². The number of likely N-dealkylation sites (tertiary alicyclic amines) is 1. The van der Waals surface area contributed by atoms with Crippen LogP contribution in [0.2, 0.25) is 0 Å². The molecular weight excluding hydrogens is 229 g/mol. The second-order valence-electron chi connectivity index (χ2n) is 5.39.